The Balaban J connectivity index is 1.86. The first kappa shape index (κ1) is 23.5. The largest absolute Gasteiger partial charge is 0.493 e. The third kappa shape index (κ3) is 5.19. The van der Waals surface area contributed by atoms with Gasteiger partial charge in [-0.25, -0.2) is 8.42 Å². The van der Waals surface area contributed by atoms with Gasteiger partial charge in [0.15, 0.2) is 5.75 Å². The van der Waals surface area contributed by atoms with Crippen molar-refractivity contribution in [2.24, 2.45) is 11.7 Å². The van der Waals surface area contributed by atoms with Crippen LogP contribution in [0.5, 0.6) is 5.75 Å². The lowest BCUT2D eigenvalue weighted by molar-refractivity contribution is -0.134. The second-order valence-corrected chi connectivity index (χ2v) is 9.91. The normalized spacial score (nSPS) is 19.4. The smallest absolute Gasteiger partial charge is 0.245 e. The summed E-state index contributed by atoms with van der Waals surface area (Å²) in [5.74, 6) is 0.238. The fourth-order valence-corrected chi connectivity index (χ4v) is 5.48. The average Bonchev–Trinajstić information content (AvgIpc) is 2.77. The minimum Gasteiger partial charge on any atom is -0.493 e. The predicted octanol–water partition coefficient (Wildman–Crippen LogP) is 1.08. The van der Waals surface area contributed by atoms with E-state index < -0.39 is 16.1 Å². The third-order valence-corrected chi connectivity index (χ3v) is 7.49. The number of nitrogens with zero attached hydrogens (tertiary/aromatic N) is 2. The van der Waals surface area contributed by atoms with E-state index in [1.54, 1.807) is 21.9 Å². The maximum absolute atomic E-state index is 13.2. The number of hydrogen-bond acceptors (Lipinski definition) is 6. The van der Waals surface area contributed by atoms with Crippen molar-refractivity contribution in [1.29, 1.82) is 0 Å². The molecule has 3 N–H and O–H groups in total. The molecule has 0 aromatic heterocycles. The molecule has 2 saturated heterocycles. The number of para-hydroxylation sites is 1. The van der Waals surface area contributed by atoms with E-state index in [1.165, 1.54) is 13.2 Å². The number of hydrogen-bond donors (Lipinski definition) is 2. The summed E-state index contributed by atoms with van der Waals surface area (Å²) in [5.41, 5.74) is 6.18. The number of anilines is 1. The highest BCUT2D eigenvalue weighted by atomic mass is 32.2. The van der Waals surface area contributed by atoms with Gasteiger partial charge in [-0.05, 0) is 43.7 Å². The number of carbonyl (C=O) groups is 2. The van der Waals surface area contributed by atoms with Crippen LogP contribution in [-0.4, -0.2) is 64.5 Å². The number of amides is 2. The van der Waals surface area contributed by atoms with Crippen molar-refractivity contribution in [3.05, 3.63) is 18.2 Å². The van der Waals surface area contributed by atoms with Crippen molar-refractivity contribution >= 4 is 27.5 Å². The predicted molar refractivity (Wildman–Crippen MR) is 117 cm³/mol. The summed E-state index contributed by atoms with van der Waals surface area (Å²) < 4.78 is 34.3. The van der Waals surface area contributed by atoms with Crippen LogP contribution in [0.3, 0.4) is 0 Å². The van der Waals surface area contributed by atoms with E-state index in [2.05, 4.69) is 11.6 Å². The highest BCUT2D eigenvalue weighted by Crippen LogP contribution is 2.36. The van der Waals surface area contributed by atoms with Crippen molar-refractivity contribution in [1.82, 2.24) is 9.62 Å². The molecule has 2 amide bonds. The SMILES string of the molecule is COc1c(N2CCCCC2=O)cccc1S(=O)(=O)N[C@@H](CN)C(=O)N1CCC(C)CC1. The van der Waals surface area contributed by atoms with E-state index in [9.17, 15) is 18.0 Å². The molecule has 0 bridgehead atoms. The number of nitrogens with two attached hydrogens (primary N) is 1. The Morgan fingerprint density at radius 2 is 1.97 bits per heavy atom. The molecular formula is C21H32N4O5S. The molecule has 2 fully saturated rings. The minimum atomic E-state index is -4.13. The molecule has 31 heavy (non-hydrogen) atoms. The molecule has 0 spiro atoms. The number of ether oxygens (including phenoxy) is 1. The number of piperidine rings is 2. The van der Waals surface area contributed by atoms with Crippen molar-refractivity contribution in [3.63, 3.8) is 0 Å². The van der Waals surface area contributed by atoms with Crippen LogP contribution in [0.15, 0.2) is 23.1 Å². The zero-order chi connectivity index (χ0) is 22.6. The lowest BCUT2D eigenvalue weighted by Crippen LogP contribution is -2.53. The van der Waals surface area contributed by atoms with E-state index >= 15 is 0 Å². The number of sulfonamides is 1. The van der Waals surface area contributed by atoms with Crippen molar-refractivity contribution in [2.45, 2.75) is 50.0 Å². The molecule has 2 aliphatic heterocycles. The fraction of sp³-hybridized carbons (Fsp3) is 0.619. The van der Waals surface area contributed by atoms with Crippen LogP contribution < -0.4 is 20.1 Å². The van der Waals surface area contributed by atoms with Crippen molar-refractivity contribution in [2.75, 3.05) is 38.2 Å². The summed E-state index contributed by atoms with van der Waals surface area (Å²) in [6, 6.07) is 3.57. The Kier molecular flexibility index (Phi) is 7.55. The molecule has 172 valence electrons. The molecule has 0 aliphatic carbocycles. The Labute approximate surface area is 184 Å². The van der Waals surface area contributed by atoms with Gasteiger partial charge >= 0.3 is 0 Å². The molecule has 1 atom stereocenters. The van der Waals surface area contributed by atoms with E-state index in [4.69, 9.17) is 10.5 Å². The third-order valence-electron chi connectivity index (χ3n) is 5.99. The maximum atomic E-state index is 13.2. The van der Waals surface area contributed by atoms with E-state index in [-0.39, 0.29) is 29.0 Å². The molecule has 0 unspecified atom stereocenters. The molecule has 3 rings (SSSR count). The molecule has 1 aromatic rings. The van der Waals surface area contributed by atoms with Gasteiger partial charge in [0.25, 0.3) is 0 Å². The first-order valence-electron chi connectivity index (χ1n) is 10.8. The zero-order valence-corrected chi connectivity index (χ0v) is 19.0. The van der Waals surface area contributed by atoms with Gasteiger partial charge < -0.3 is 20.3 Å². The van der Waals surface area contributed by atoms with Crippen LogP contribution in [0, 0.1) is 5.92 Å². The second kappa shape index (κ2) is 9.97. The van der Waals surface area contributed by atoms with Crippen molar-refractivity contribution in [3.8, 4) is 5.75 Å². The lowest BCUT2D eigenvalue weighted by Gasteiger charge is -2.33. The Morgan fingerprint density at radius 3 is 2.58 bits per heavy atom. The lowest BCUT2D eigenvalue weighted by atomic mass is 9.99. The second-order valence-electron chi connectivity index (χ2n) is 8.23. The van der Waals surface area contributed by atoms with Gasteiger partial charge in [-0.15, -0.1) is 0 Å². The van der Waals surface area contributed by atoms with Gasteiger partial charge in [0.1, 0.15) is 10.9 Å². The summed E-state index contributed by atoms with van der Waals surface area (Å²) in [4.78, 5) is 28.4. The number of nitrogens with one attached hydrogen (secondary N) is 1. The van der Waals surface area contributed by atoms with Gasteiger partial charge in [0.2, 0.25) is 21.8 Å². The van der Waals surface area contributed by atoms with Gasteiger partial charge in [0.05, 0.1) is 12.8 Å². The molecule has 1 aromatic carbocycles. The average molecular weight is 453 g/mol. The van der Waals surface area contributed by atoms with E-state index in [0.29, 0.717) is 37.7 Å². The van der Waals surface area contributed by atoms with Crippen LogP contribution in [0.4, 0.5) is 5.69 Å². The summed E-state index contributed by atoms with van der Waals surface area (Å²) in [7, 11) is -2.76. The first-order chi connectivity index (χ1) is 14.8. The molecule has 9 nitrogen and oxygen atoms in total. The van der Waals surface area contributed by atoms with Crippen LogP contribution in [0.25, 0.3) is 0 Å². The molecule has 0 saturated carbocycles. The zero-order valence-electron chi connectivity index (χ0n) is 18.2. The van der Waals surface area contributed by atoms with Crippen LogP contribution >= 0.6 is 0 Å². The molecule has 2 heterocycles. The Bertz CT molecular complexity index is 912. The van der Waals surface area contributed by atoms with Gasteiger partial charge in [0, 0.05) is 32.6 Å². The quantitative estimate of drug-likeness (QED) is 0.638. The summed E-state index contributed by atoms with van der Waals surface area (Å²) in [6.45, 7) is 3.67. The van der Waals surface area contributed by atoms with E-state index in [0.717, 1.165) is 25.7 Å². The molecule has 0 radical (unpaired) electrons. The fourth-order valence-electron chi connectivity index (χ4n) is 4.09. The molecular weight excluding hydrogens is 420 g/mol. The number of carbonyl (C=O) groups excluding carboxylic acids is 2. The number of benzene rings is 1. The number of methoxy groups -OCH3 is 1. The maximum Gasteiger partial charge on any atom is 0.245 e. The summed E-state index contributed by atoms with van der Waals surface area (Å²) in [6.07, 6.45) is 3.83. The Morgan fingerprint density at radius 1 is 1.26 bits per heavy atom. The molecule has 2 aliphatic rings. The number of rotatable bonds is 7. The van der Waals surface area contributed by atoms with Gasteiger partial charge in [-0.1, -0.05) is 13.0 Å². The summed E-state index contributed by atoms with van der Waals surface area (Å²) in [5, 5.41) is 0. The highest BCUT2D eigenvalue weighted by molar-refractivity contribution is 7.89. The first-order valence-corrected chi connectivity index (χ1v) is 12.3. The topological polar surface area (TPSA) is 122 Å². The van der Waals surface area contributed by atoms with Gasteiger partial charge in [-0.2, -0.15) is 4.72 Å². The van der Waals surface area contributed by atoms with E-state index in [1.807, 2.05) is 0 Å². The van der Waals surface area contributed by atoms with Crippen molar-refractivity contribution < 1.29 is 22.7 Å². The molecule has 10 heteroatoms. The van der Waals surface area contributed by atoms with Crippen LogP contribution in [0.2, 0.25) is 0 Å². The van der Waals surface area contributed by atoms with Gasteiger partial charge in [-0.3, -0.25) is 9.59 Å². The van der Waals surface area contributed by atoms with Crippen LogP contribution in [0.1, 0.15) is 39.0 Å². The minimum absolute atomic E-state index is 0.0682. The monoisotopic (exact) mass is 452 g/mol. The standard InChI is InChI=1S/C21H32N4O5S/c1-15-9-12-24(13-10-15)21(27)16(14-22)23-31(28,29)18-7-5-6-17(20(18)30-2)25-11-4-3-8-19(25)26/h5-7,15-16,23H,3-4,8-14,22H2,1-2H3/t16-/m0/s1. The Hall–Kier alpha value is -2.17. The highest BCUT2D eigenvalue weighted by Gasteiger charge is 2.33. The number of likely N-dealkylation sites (tertiary alicyclic amines) is 1. The summed E-state index contributed by atoms with van der Waals surface area (Å²) >= 11 is 0. The van der Waals surface area contributed by atoms with Crippen LogP contribution in [-0.2, 0) is 19.6 Å².